The molecule has 0 radical (unpaired) electrons. The number of halogens is 3. The maximum absolute atomic E-state index is 13.8. The molecule has 3 N–H and O–H groups in total. The molecule has 3 nitrogen and oxygen atoms in total. The van der Waals surface area contributed by atoms with E-state index < -0.39 is 17.7 Å². The number of benzene rings is 1. The van der Waals surface area contributed by atoms with Crippen LogP contribution in [0.25, 0.3) is 0 Å². The van der Waals surface area contributed by atoms with E-state index in [1.165, 1.54) is 24.7 Å². The number of hydrazine groups is 1. The Morgan fingerprint density at radius 3 is 2.72 bits per heavy atom. The highest BCUT2D eigenvalue weighted by atomic mass is 79.9. The first-order chi connectivity index (χ1) is 8.63. The molecule has 0 aliphatic heterocycles. The van der Waals surface area contributed by atoms with Crippen molar-refractivity contribution in [3.8, 4) is 0 Å². The van der Waals surface area contributed by atoms with Gasteiger partial charge in [-0.1, -0.05) is 0 Å². The zero-order valence-corrected chi connectivity index (χ0v) is 10.9. The first-order valence-electron chi connectivity index (χ1n) is 5.24. The Bertz CT molecular complexity index is 531. The molecule has 2 aromatic rings. The van der Waals surface area contributed by atoms with Crippen molar-refractivity contribution < 1.29 is 13.2 Å². The lowest BCUT2D eigenvalue weighted by atomic mass is 10.0. The Labute approximate surface area is 111 Å². The van der Waals surface area contributed by atoms with Crippen molar-refractivity contribution in [1.29, 1.82) is 0 Å². The van der Waals surface area contributed by atoms with Gasteiger partial charge in [-0.05, 0) is 40.5 Å². The van der Waals surface area contributed by atoms with Crippen molar-refractivity contribution >= 4 is 15.9 Å². The smallest absolute Gasteiger partial charge is 0.143 e. The van der Waals surface area contributed by atoms with Crippen LogP contribution in [0.4, 0.5) is 8.78 Å². The van der Waals surface area contributed by atoms with Crippen LogP contribution in [0, 0.1) is 11.6 Å². The predicted octanol–water partition coefficient (Wildman–Crippen LogP) is 3.07. The minimum atomic E-state index is -0.612. The van der Waals surface area contributed by atoms with Gasteiger partial charge in [0.1, 0.15) is 11.6 Å². The van der Waals surface area contributed by atoms with E-state index in [1.807, 2.05) is 0 Å². The lowest BCUT2D eigenvalue weighted by molar-refractivity contribution is 0.490. The summed E-state index contributed by atoms with van der Waals surface area (Å²) in [5.74, 6) is 4.19. The summed E-state index contributed by atoms with van der Waals surface area (Å²) in [6, 6.07) is 3.82. The third kappa shape index (κ3) is 2.60. The number of furan rings is 1. The molecule has 0 saturated heterocycles. The van der Waals surface area contributed by atoms with Crippen LogP contribution in [0.2, 0.25) is 0 Å². The second kappa shape index (κ2) is 5.60. The molecule has 1 heterocycles. The Hall–Kier alpha value is -1.24. The van der Waals surface area contributed by atoms with Crippen LogP contribution in [0.5, 0.6) is 0 Å². The Balaban J connectivity index is 2.30. The Morgan fingerprint density at radius 1 is 1.33 bits per heavy atom. The van der Waals surface area contributed by atoms with E-state index in [2.05, 4.69) is 21.4 Å². The molecule has 96 valence electrons. The molecule has 0 amide bonds. The van der Waals surface area contributed by atoms with Gasteiger partial charge in [0.2, 0.25) is 0 Å². The highest BCUT2D eigenvalue weighted by Crippen LogP contribution is 2.26. The fourth-order valence-electron chi connectivity index (χ4n) is 1.71. The molecule has 1 unspecified atom stereocenters. The average Bonchev–Trinajstić information content (AvgIpc) is 2.88. The zero-order valence-electron chi connectivity index (χ0n) is 9.29. The van der Waals surface area contributed by atoms with Crippen molar-refractivity contribution in [1.82, 2.24) is 5.43 Å². The molecule has 0 aliphatic carbocycles. The molecule has 0 saturated carbocycles. The highest BCUT2D eigenvalue weighted by molar-refractivity contribution is 9.10. The molecular weight excluding hydrogens is 306 g/mol. The SMILES string of the molecule is NNC(Cc1c(F)ccc(Br)c1F)c1ccoc1. The minimum absolute atomic E-state index is 0.0199. The Kier molecular flexibility index (Phi) is 4.11. The number of hydrogen-bond donors (Lipinski definition) is 2. The van der Waals surface area contributed by atoms with Crippen LogP contribution in [-0.4, -0.2) is 0 Å². The topological polar surface area (TPSA) is 51.2 Å². The lowest BCUT2D eigenvalue weighted by Gasteiger charge is -2.15. The molecule has 1 atom stereocenters. The van der Waals surface area contributed by atoms with E-state index >= 15 is 0 Å². The summed E-state index contributed by atoms with van der Waals surface area (Å²) in [5.41, 5.74) is 3.23. The molecular formula is C12H11BrF2N2O. The second-order valence-corrected chi connectivity index (χ2v) is 4.66. The molecule has 18 heavy (non-hydrogen) atoms. The van der Waals surface area contributed by atoms with E-state index in [4.69, 9.17) is 10.3 Å². The summed E-state index contributed by atoms with van der Waals surface area (Å²) in [4.78, 5) is 0. The number of nitrogens with one attached hydrogen (secondary N) is 1. The van der Waals surface area contributed by atoms with Gasteiger partial charge in [0.25, 0.3) is 0 Å². The number of rotatable bonds is 4. The highest BCUT2D eigenvalue weighted by Gasteiger charge is 2.19. The standard InChI is InChI=1S/C12H11BrF2N2O/c13-9-1-2-10(14)8(12(9)15)5-11(17-16)7-3-4-18-6-7/h1-4,6,11,17H,5,16H2. The first kappa shape index (κ1) is 13.2. The average molecular weight is 317 g/mol. The maximum Gasteiger partial charge on any atom is 0.143 e. The fraction of sp³-hybridized carbons (Fsp3) is 0.167. The summed E-state index contributed by atoms with van der Waals surface area (Å²) in [5, 5.41) is 0. The summed E-state index contributed by atoms with van der Waals surface area (Å²) in [6.07, 6.45) is 3.05. The quantitative estimate of drug-likeness (QED) is 0.518. The van der Waals surface area contributed by atoms with Crippen LogP contribution in [0.3, 0.4) is 0 Å². The largest absolute Gasteiger partial charge is 0.472 e. The van der Waals surface area contributed by atoms with Gasteiger partial charge in [-0.15, -0.1) is 0 Å². The molecule has 1 aromatic carbocycles. The van der Waals surface area contributed by atoms with Gasteiger partial charge in [-0.2, -0.15) is 0 Å². The van der Waals surface area contributed by atoms with Crippen LogP contribution < -0.4 is 11.3 Å². The van der Waals surface area contributed by atoms with Crippen LogP contribution in [0.1, 0.15) is 17.2 Å². The van der Waals surface area contributed by atoms with Crippen LogP contribution in [0.15, 0.2) is 39.6 Å². The molecule has 0 aliphatic rings. The van der Waals surface area contributed by atoms with Gasteiger partial charge in [0, 0.05) is 11.1 Å². The van der Waals surface area contributed by atoms with Crippen molar-refractivity contribution in [2.75, 3.05) is 0 Å². The third-order valence-electron chi connectivity index (χ3n) is 2.69. The van der Waals surface area contributed by atoms with Gasteiger partial charge < -0.3 is 4.42 Å². The molecule has 0 fully saturated rings. The normalized spacial score (nSPS) is 12.7. The third-order valence-corrected chi connectivity index (χ3v) is 3.31. The van der Waals surface area contributed by atoms with Crippen molar-refractivity contribution in [3.05, 3.63) is 58.0 Å². The second-order valence-electron chi connectivity index (χ2n) is 3.80. The summed E-state index contributed by atoms with van der Waals surface area (Å²) in [7, 11) is 0. The lowest BCUT2D eigenvalue weighted by Crippen LogP contribution is -2.29. The summed E-state index contributed by atoms with van der Waals surface area (Å²) in [6.45, 7) is 0. The van der Waals surface area contributed by atoms with Gasteiger partial charge in [-0.3, -0.25) is 11.3 Å². The summed E-state index contributed by atoms with van der Waals surface area (Å²) < 4.78 is 32.6. The van der Waals surface area contributed by atoms with Gasteiger partial charge in [0.05, 0.1) is 23.0 Å². The molecule has 1 aromatic heterocycles. The van der Waals surface area contributed by atoms with Crippen molar-refractivity contribution in [2.24, 2.45) is 5.84 Å². The van der Waals surface area contributed by atoms with E-state index in [-0.39, 0.29) is 16.5 Å². The predicted molar refractivity (Wildman–Crippen MR) is 66.5 cm³/mol. The number of hydrogen-bond acceptors (Lipinski definition) is 3. The summed E-state index contributed by atoms with van der Waals surface area (Å²) >= 11 is 3.03. The van der Waals surface area contributed by atoms with Gasteiger partial charge in [0.15, 0.2) is 0 Å². The van der Waals surface area contributed by atoms with Crippen LogP contribution in [-0.2, 0) is 6.42 Å². The molecule has 2 rings (SSSR count). The molecule has 0 bridgehead atoms. The van der Waals surface area contributed by atoms with E-state index in [0.717, 1.165) is 5.56 Å². The van der Waals surface area contributed by atoms with E-state index in [9.17, 15) is 8.78 Å². The van der Waals surface area contributed by atoms with Crippen LogP contribution >= 0.6 is 15.9 Å². The first-order valence-corrected chi connectivity index (χ1v) is 6.03. The van der Waals surface area contributed by atoms with Gasteiger partial charge in [-0.25, -0.2) is 8.78 Å². The molecule has 0 spiro atoms. The zero-order chi connectivity index (χ0) is 13.1. The Morgan fingerprint density at radius 2 is 2.11 bits per heavy atom. The van der Waals surface area contributed by atoms with E-state index in [0.29, 0.717) is 0 Å². The maximum atomic E-state index is 13.8. The van der Waals surface area contributed by atoms with Crippen molar-refractivity contribution in [2.45, 2.75) is 12.5 Å². The van der Waals surface area contributed by atoms with Crippen molar-refractivity contribution in [3.63, 3.8) is 0 Å². The minimum Gasteiger partial charge on any atom is -0.472 e. The molecule has 6 heteroatoms. The van der Waals surface area contributed by atoms with E-state index in [1.54, 1.807) is 6.07 Å². The fourth-order valence-corrected chi connectivity index (χ4v) is 2.08. The number of nitrogens with two attached hydrogens (primary N) is 1. The monoisotopic (exact) mass is 316 g/mol. The van der Waals surface area contributed by atoms with Gasteiger partial charge >= 0.3 is 0 Å².